The summed E-state index contributed by atoms with van der Waals surface area (Å²) < 4.78 is 3.26. The minimum atomic E-state index is -0.742. The summed E-state index contributed by atoms with van der Waals surface area (Å²) >= 11 is 1.23. The van der Waals surface area contributed by atoms with Gasteiger partial charge in [0.05, 0.1) is 11.4 Å². The molecule has 3 N–H and O–H groups in total. The Labute approximate surface area is 177 Å². The topological polar surface area (TPSA) is 116 Å². The normalized spacial score (nSPS) is 13.7. The Morgan fingerprint density at radius 3 is 2.73 bits per heavy atom. The molecule has 30 heavy (non-hydrogen) atoms. The van der Waals surface area contributed by atoms with Crippen molar-refractivity contribution in [2.24, 2.45) is 0 Å². The van der Waals surface area contributed by atoms with Crippen molar-refractivity contribution in [1.82, 2.24) is 19.1 Å². The van der Waals surface area contributed by atoms with Crippen molar-refractivity contribution in [3.63, 3.8) is 0 Å². The Morgan fingerprint density at radius 1 is 1.30 bits per heavy atom. The van der Waals surface area contributed by atoms with E-state index in [1.54, 1.807) is 6.20 Å². The van der Waals surface area contributed by atoms with Gasteiger partial charge in [-0.05, 0) is 30.4 Å². The van der Waals surface area contributed by atoms with Gasteiger partial charge in [0.2, 0.25) is 0 Å². The Morgan fingerprint density at radius 2 is 2.03 bits per heavy atom. The second-order valence-corrected chi connectivity index (χ2v) is 8.57. The van der Waals surface area contributed by atoms with Gasteiger partial charge in [-0.3, -0.25) is 23.7 Å². The van der Waals surface area contributed by atoms with Crippen molar-refractivity contribution in [1.29, 1.82) is 0 Å². The molecule has 0 spiro atoms. The molecule has 2 heterocycles. The molecule has 0 amide bonds. The van der Waals surface area contributed by atoms with Crippen LogP contribution < -0.4 is 17.0 Å². The predicted octanol–water partition coefficient (Wildman–Crippen LogP) is 2.74. The van der Waals surface area contributed by atoms with Crippen LogP contribution in [-0.4, -0.2) is 30.6 Å². The van der Waals surface area contributed by atoms with Crippen LogP contribution in [0.4, 0.5) is 5.82 Å². The number of benzene rings is 1. The fourth-order valence-electron chi connectivity index (χ4n) is 3.51. The minimum absolute atomic E-state index is 0.0169. The number of thioether (sulfide) groups is 1. The lowest BCUT2D eigenvalue weighted by Crippen LogP contribution is -2.36. The predicted molar refractivity (Wildman–Crippen MR) is 117 cm³/mol. The van der Waals surface area contributed by atoms with Crippen molar-refractivity contribution in [2.75, 3.05) is 11.5 Å². The lowest BCUT2D eigenvalue weighted by molar-refractivity contribution is 0.102. The van der Waals surface area contributed by atoms with Crippen LogP contribution in [0.2, 0.25) is 0 Å². The van der Waals surface area contributed by atoms with Crippen LogP contribution in [0.15, 0.2) is 51.4 Å². The van der Waals surface area contributed by atoms with Gasteiger partial charge in [-0.15, -0.1) is 0 Å². The van der Waals surface area contributed by atoms with Crippen molar-refractivity contribution in [2.45, 2.75) is 43.8 Å². The number of para-hydroxylation sites is 1. The number of hydrogen-bond donors (Lipinski definition) is 2. The molecule has 156 valence electrons. The van der Waals surface area contributed by atoms with Gasteiger partial charge in [0.15, 0.2) is 10.9 Å². The number of Topliss-reactive ketones (excluding diaryl/α,β-unsaturated/α-hetero) is 1. The first kappa shape index (κ1) is 20.2. The first-order valence-corrected chi connectivity index (χ1v) is 10.8. The van der Waals surface area contributed by atoms with E-state index < -0.39 is 17.0 Å². The summed E-state index contributed by atoms with van der Waals surface area (Å²) in [6, 6.07) is 8.00. The third kappa shape index (κ3) is 3.72. The maximum atomic E-state index is 12.8. The monoisotopic (exact) mass is 425 g/mol. The number of nitrogens with zero attached hydrogens (tertiary/aromatic N) is 3. The number of carbonyl (C=O) groups is 1. The molecule has 0 aliphatic heterocycles. The molecule has 3 aromatic rings. The highest BCUT2D eigenvalue weighted by molar-refractivity contribution is 7.99. The summed E-state index contributed by atoms with van der Waals surface area (Å²) in [7, 11) is 0. The smallest absolute Gasteiger partial charge is 0.330 e. The zero-order chi connectivity index (χ0) is 21.4. The summed E-state index contributed by atoms with van der Waals surface area (Å²) in [6.07, 6.45) is 5.15. The average Bonchev–Trinajstić information content (AvgIpc) is 3.41. The number of imidazole rings is 1. The fourth-order valence-corrected chi connectivity index (χ4v) is 4.35. The van der Waals surface area contributed by atoms with Gasteiger partial charge < -0.3 is 5.73 Å². The molecule has 1 aromatic carbocycles. The van der Waals surface area contributed by atoms with Gasteiger partial charge in [-0.2, -0.15) is 0 Å². The molecule has 0 unspecified atom stereocenters. The number of nitrogens with two attached hydrogens (primary N) is 1. The number of carbonyl (C=O) groups excluding carboxylic acids is 1. The van der Waals surface area contributed by atoms with Crippen LogP contribution >= 0.6 is 11.8 Å². The van der Waals surface area contributed by atoms with E-state index in [1.165, 1.54) is 21.9 Å². The maximum absolute atomic E-state index is 12.8. The van der Waals surface area contributed by atoms with Gasteiger partial charge in [-0.25, -0.2) is 9.78 Å². The number of aromatic nitrogens is 4. The molecule has 2 aromatic heterocycles. The minimum Gasteiger partial charge on any atom is -0.384 e. The summed E-state index contributed by atoms with van der Waals surface area (Å²) in [5, 5.41) is 0.641. The van der Waals surface area contributed by atoms with Gasteiger partial charge in [-0.1, -0.05) is 43.8 Å². The van der Waals surface area contributed by atoms with Crippen molar-refractivity contribution < 1.29 is 4.79 Å². The Kier molecular flexibility index (Phi) is 5.38. The van der Waals surface area contributed by atoms with E-state index in [1.807, 2.05) is 29.0 Å². The van der Waals surface area contributed by atoms with Gasteiger partial charge >= 0.3 is 5.69 Å². The van der Waals surface area contributed by atoms with E-state index in [4.69, 9.17) is 5.73 Å². The molecule has 1 saturated carbocycles. The third-order valence-corrected chi connectivity index (χ3v) is 6.10. The highest BCUT2D eigenvalue weighted by Gasteiger charge is 2.30. The van der Waals surface area contributed by atoms with Gasteiger partial charge in [0.1, 0.15) is 11.4 Å². The van der Waals surface area contributed by atoms with E-state index in [2.05, 4.69) is 29.9 Å². The van der Waals surface area contributed by atoms with Crippen LogP contribution in [0.1, 0.15) is 54.6 Å². The molecule has 0 saturated heterocycles. The molecule has 9 heteroatoms. The average molecular weight is 426 g/mol. The van der Waals surface area contributed by atoms with Crippen LogP contribution in [0.5, 0.6) is 0 Å². The second kappa shape index (κ2) is 7.98. The molecular formula is C21H23N5O3S. The highest BCUT2D eigenvalue weighted by Crippen LogP contribution is 2.35. The van der Waals surface area contributed by atoms with Crippen molar-refractivity contribution in [3.05, 3.63) is 68.6 Å². The van der Waals surface area contributed by atoms with E-state index in [0.717, 1.165) is 18.5 Å². The van der Waals surface area contributed by atoms with Crippen LogP contribution in [-0.2, 0) is 0 Å². The molecule has 0 radical (unpaired) electrons. The van der Waals surface area contributed by atoms with E-state index >= 15 is 0 Å². The third-order valence-electron chi connectivity index (χ3n) is 5.13. The summed E-state index contributed by atoms with van der Waals surface area (Å²) in [4.78, 5) is 43.7. The maximum Gasteiger partial charge on any atom is 0.330 e. The van der Waals surface area contributed by atoms with Crippen molar-refractivity contribution in [3.8, 4) is 5.69 Å². The van der Waals surface area contributed by atoms with Gasteiger partial charge in [0.25, 0.3) is 5.56 Å². The first-order valence-electron chi connectivity index (χ1n) is 9.81. The SMILES string of the molecule is CC(C)c1ccccc1-n1ccnc1SCC(=O)c1c(N)n(C2CC2)c(=O)[nH]c1=O. The number of anilines is 1. The molecule has 4 rings (SSSR count). The number of rotatable bonds is 7. The number of H-pyrrole nitrogens is 1. The van der Waals surface area contributed by atoms with E-state index in [0.29, 0.717) is 11.1 Å². The zero-order valence-electron chi connectivity index (χ0n) is 16.8. The molecular weight excluding hydrogens is 402 g/mol. The molecule has 1 aliphatic rings. The molecule has 1 fully saturated rings. The largest absolute Gasteiger partial charge is 0.384 e. The lowest BCUT2D eigenvalue weighted by Gasteiger charge is -2.15. The second-order valence-electron chi connectivity index (χ2n) is 7.63. The Hall–Kier alpha value is -3.07. The molecule has 0 bridgehead atoms. The molecule has 0 atom stereocenters. The number of aromatic amines is 1. The zero-order valence-corrected chi connectivity index (χ0v) is 17.6. The number of nitrogens with one attached hydrogen (secondary N) is 1. The van der Waals surface area contributed by atoms with Crippen molar-refractivity contribution >= 4 is 23.4 Å². The summed E-state index contributed by atoms with van der Waals surface area (Å²) in [5.41, 5.74) is 6.74. The van der Waals surface area contributed by atoms with Crippen LogP contribution in [0, 0.1) is 0 Å². The Balaban J connectivity index is 1.60. The van der Waals surface area contributed by atoms with Gasteiger partial charge in [0, 0.05) is 18.4 Å². The van der Waals surface area contributed by atoms with Crippen LogP contribution in [0.25, 0.3) is 5.69 Å². The number of hydrogen-bond acceptors (Lipinski definition) is 6. The molecule has 1 aliphatic carbocycles. The fraction of sp³-hybridized carbons (Fsp3) is 0.333. The van der Waals surface area contributed by atoms with E-state index in [9.17, 15) is 14.4 Å². The lowest BCUT2D eigenvalue weighted by atomic mass is 10.0. The number of nitrogen functional groups attached to an aromatic ring is 1. The Bertz CT molecular complexity index is 1220. The van der Waals surface area contributed by atoms with Crippen LogP contribution in [0.3, 0.4) is 0 Å². The molecule has 8 nitrogen and oxygen atoms in total. The van der Waals surface area contributed by atoms with E-state index in [-0.39, 0.29) is 23.2 Å². The summed E-state index contributed by atoms with van der Waals surface area (Å²) in [5.74, 6) is -0.174. The standard InChI is InChI=1S/C21H23N5O3S/c1-12(2)14-5-3-4-6-15(14)25-10-9-23-21(25)30-11-16(27)17-18(22)26(13-7-8-13)20(29)24-19(17)28/h3-6,9-10,12-13H,7-8,11,22H2,1-2H3,(H,24,28,29). The number of ketones is 1. The first-order chi connectivity index (χ1) is 14.4. The quantitative estimate of drug-likeness (QED) is 0.444. The summed E-state index contributed by atoms with van der Waals surface area (Å²) in [6.45, 7) is 4.24. The highest BCUT2D eigenvalue weighted by atomic mass is 32.2.